The van der Waals surface area contributed by atoms with Gasteiger partial charge in [0.2, 0.25) is 5.56 Å². The van der Waals surface area contributed by atoms with Gasteiger partial charge >= 0.3 is 5.97 Å². The van der Waals surface area contributed by atoms with Crippen LogP contribution in [-0.2, 0) is 10.6 Å². The molecule has 1 N–H and O–H groups in total. The molecular weight excluding hydrogens is 244 g/mol. The first kappa shape index (κ1) is 12.6. The maximum Gasteiger partial charge on any atom is 0.340 e. The molecule has 1 heterocycles. The average molecular weight is 252 g/mol. The molecule has 0 bridgehead atoms. The molecule has 1 rings (SSSR count). The van der Waals surface area contributed by atoms with E-state index in [1.807, 2.05) is 0 Å². The standard InChI is InChI=1S/C9H8ClF2NO3/c1-16-9(15)7-4(8(11)12)2-6(14)13-5(7)3-10/h2,8H,3H2,1H3,(H,13,14). The van der Waals surface area contributed by atoms with Crippen molar-refractivity contribution in [3.05, 3.63) is 33.2 Å². The van der Waals surface area contributed by atoms with Crippen LogP contribution in [-0.4, -0.2) is 18.1 Å². The highest BCUT2D eigenvalue weighted by molar-refractivity contribution is 6.17. The SMILES string of the molecule is COC(=O)c1c(C(F)F)cc(=O)[nH]c1CCl. The van der Waals surface area contributed by atoms with Crippen molar-refractivity contribution >= 4 is 17.6 Å². The van der Waals surface area contributed by atoms with E-state index < -0.39 is 23.5 Å². The first-order chi connectivity index (χ1) is 7.51. The molecule has 16 heavy (non-hydrogen) atoms. The van der Waals surface area contributed by atoms with Gasteiger partial charge in [-0.15, -0.1) is 11.6 Å². The van der Waals surface area contributed by atoms with Crippen LogP contribution >= 0.6 is 11.6 Å². The minimum atomic E-state index is -2.95. The molecule has 0 amide bonds. The van der Waals surface area contributed by atoms with Gasteiger partial charge in [0.15, 0.2) is 0 Å². The number of aromatic amines is 1. The summed E-state index contributed by atoms with van der Waals surface area (Å²) in [6, 6.07) is 0.660. The molecule has 1 aromatic heterocycles. The van der Waals surface area contributed by atoms with Crippen LogP contribution in [0.2, 0.25) is 0 Å². The molecule has 1 aromatic rings. The van der Waals surface area contributed by atoms with Crippen LogP contribution in [0.4, 0.5) is 8.78 Å². The number of ether oxygens (including phenoxy) is 1. The first-order valence-electron chi connectivity index (χ1n) is 4.19. The molecule has 88 valence electrons. The predicted octanol–water partition coefficient (Wildman–Crippen LogP) is 1.84. The van der Waals surface area contributed by atoms with E-state index in [0.29, 0.717) is 6.07 Å². The number of esters is 1. The summed E-state index contributed by atoms with van der Waals surface area (Å²) in [7, 11) is 1.06. The number of pyridine rings is 1. The Kier molecular flexibility index (Phi) is 4.00. The summed E-state index contributed by atoms with van der Waals surface area (Å²) in [6.45, 7) is 0. The van der Waals surface area contributed by atoms with Crippen LogP contribution in [0.3, 0.4) is 0 Å². The Balaban J connectivity index is 3.51. The normalized spacial score (nSPS) is 10.6. The minimum Gasteiger partial charge on any atom is -0.465 e. The van der Waals surface area contributed by atoms with E-state index in [0.717, 1.165) is 7.11 Å². The van der Waals surface area contributed by atoms with Crippen molar-refractivity contribution in [2.24, 2.45) is 0 Å². The van der Waals surface area contributed by atoms with Crippen LogP contribution in [0.15, 0.2) is 10.9 Å². The molecule has 0 fully saturated rings. The van der Waals surface area contributed by atoms with E-state index in [2.05, 4.69) is 9.72 Å². The number of aromatic nitrogens is 1. The third-order valence-electron chi connectivity index (χ3n) is 1.91. The lowest BCUT2D eigenvalue weighted by molar-refractivity contribution is 0.0587. The maximum absolute atomic E-state index is 12.6. The van der Waals surface area contributed by atoms with Crippen molar-refractivity contribution in [3.8, 4) is 0 Å². The Morgan fingerprint density at radius 1 is 1.62 bits per heavy atom. The second-order valence-electron chi connectivity index (χ2n) is 2.87. The Morgan fingerprint density at radius 2 is 2.25 bits per heavy atom. The largest absolute Gasteiger partial charge is 0.465 e. The fraction of sp³-hybridized carbons (Fsp3) is 0.333. The number of H-pyrrole nitrogens is 1. The molecule has 0 aromatic carbocycles. The van der Waals surface area contributed by atoms with Gasteiger partial charge in [-0.1, -0.05) is 0 Å². The molecular formula is C9H8ClF2NO3. The third-order valence-corrected chi connectivity index (χ3v) is 2.18. The van der Waals surface area contributed by atoms with Crippen LogP contribution in [0.5, 0.6) is 0 Å². The maximum atomic E-state index is 12.6. The number of rotatable bonds is 3. The lowest BCUT2D eigenvalue weighted by Crippen LogP contribution is -2.18. The van der Waals surface area contributed by atoms with E-state index >= 15 is 0 Å². The fourth-order valence-corrected chi connectivity index (χ4v) is 1.45. The smallest absolute Gasteiger partial charge is 0.340 e. The summed E-state index contributed by atoms with van der Waals surface area (Å²) < 4.78 is 29.6. The van der Waals surface area contributed by atoms with Crippen molar-refractivity contribution in [3.63, 3.8) is 0 Å². The van der Waals surface area contributed by atoms with Gasteiger partial charge in [-0.05, 0) is 0 Å². The second kappa shape index (κ2) is 5.07. The van der Waals surface area contributed by atoms with E-state index in [-0.39, 0.29) is 17.1 Å². The van der Waals surface area contributed by atoms with E-state index in [9.17, 15) is 18.4 Å². The van der Waals surface area contributed by atoms with Crippen molar-refractivity contribution in [1.82, 2.24) is 4.98 Å². The third kappa shape index (κ3) is 2.38. The van der Waals surface area contributed by atoms with Gasteiger partial charge in [0.25, 0.3) is 6.43 Å². The number of alkyl halides is 3. The predicted molar refractivity (Wildman–Crippen MR) is 52.9 cm³/mol. The molecule has 4 nitrogen and oxygen atoms in total. The highest BCUT2D eigenvalue weighted by Gasteiger charge is 2.23. The zero-order chi connectivity index (χ0) is 12.3. The Bertz CT molecular complexity index is 459. The van der Waals surface area contributed by atoms with Crippen LogP contribution in [0.25, 0.3) is 0 Å². The summed E-state index contributed by atoms with van der Waals surface area (Å²) in [5.74, 6) is -1.22. The fourth-order valence-electron chi connectivity index (χ4n) is 1.25. The summed E-state index contributed by atoms with van der Waals surface area (Å²) >= 11 is 5.46. The molecule has 7 heteroatoms. The number of halogens is 3. The summed E-state index contributed by atoms with van der Waals surface area (Å²) in [6.07, 6.45) is -2.95. The zero-order valence-electron chi connectivity index (χ0n) is 8.22. The zero-order valence-corrected chi connectivity index (χ0v) is 8.98. The summed E-state index contributed by atoms with van der Waals surface area (Å²) in [4.78, 5) is 24.5. The Hall–Kier alpha value is -1.43. The number of carbonyl (C=O) groups is 1. The Morgan fingerprint density at radius 3 is 2.69 bits per heavy atom. The topological polar surface area (TPSA) is 59.2 Å². The quantitative estimate of drug-likeness (QED) is 0.659. The number of nitrogens with one attached hydrogen (secondary N) is 1. The molecule has 0 aliphatic rings. The molecule has 0 aliphatic heterocycles. The number of methoxy groups -OCH3 is 1. The molecule has 0 radical (unpaired) electrons. The number of carbonyl (C=O) groups excluding carboxylic acids is 1. The van der Waals surface area contributed by atoms with E-state index in [4.69, 9.17) is 11.6 Å². The minimum absolute atomic E-state index is 0.0729. The Labute approximate surface area is 94.2 Å². The molecule has 0 aliphatic carbocycles. The highest BCUT2D eigenvalue weighted by atomic mass is 35.5. The number of hydrogen-bond acceptors (Lipinski definition) is 3. The van der Waals surface area contributed by atoms with Crippen LogP contribution in [0.1, 0.15) is 28.0 Å². The van der Waals surface area contributed by atoms with Gasteiger partial charge < -0.3 is 9.72 Å². The van der Waals surface area contributed by atoms with Gasteiger partial charge in [0.05, 0.1) is 18.6 Å². The van der Waals surface area contributed by atoms with Crippen molar-refractivity contribution in [2.75, 3.05) is 7.11 Å². The van der Waals surface area contributed by atoms with Crippen molar-refractivity contribution < 1.29 is 18.3 Å². The van der Waals surface area contributed by atoms with Gasteiger partial charge in [-0.3, -0.25) is 4.79 Å². The van der Waals surface area contributed by atoms with Gasteiger partial charge in [0, 0.05) is 17.3 Å². The van der Waals surface area contributed by atoms with E-state index in [1.54, 1.807) is 0 Å². The monoisotopic (exact) mass is 251 g/mol. The second-order valence-corrected chi connectivity index (χ2v) is 3.14. The van der Waals surface area contributed by atoms with Crippen LogP contribution < -0.4 is 5.56 Å². The first-order valence-corrected chi connectivity index (χ1v) is 4.73. The lowest BCUT2D eigenvalue weighted by Gasteiger charge is -2.10. The van der Waals surface area contributed by atoms with Crippen molar-refractivity contribution in [1.29, 1.82) is 0 Å². The van der Waals surface area contributed by atoms with Crippen LogP contribution in [0, 0.1) is 0 Å². The van der Waals surface area contributed by atoms with Gasteiger partial charge in [-0.25, -0.2) is 13.6 Å². The molecule has 0 atom stereocenters. The van der Waals surface area contributed by atoms with E-state index in [1.165, 1.54) is 0 Å². The van der Waals surface area contributed by atoms with Gasteiger partial charge in [0.1, 0.15) is 0 Å². The lowest BCUT2D eigenvalue weighted by atomic mass is 10.1. The van der Waals surface area contributed by atoms with Crippen molar-refractivity contribution in [2.45, 2.75) is 12.3 Å². The molecule has 0 saturated heterocycles. The van der Waals surface area contributed by atoms with Gasteiger partial charge in [-0.2, -0.15) is 0 Å². The molecule has 0 spiro atoms. The highest BCUT2D eigenvalue weighted by Crippen LogP contribution is 2.24. The number of hydrogen-bond donors (Lipinski definition) is 1. The molecule has 0 unspecified atom stereocenters. The average Bonchev–Trinajstić information content (AvgIpc) is 2.26. The summed E-state index contributed by atoms with van der Waals surface area (Å²) in [5, 5.41) is 0. The summed E-state index contributed by atoms with van der Waals surface area (Å²) in [5.41, 5.74) is -1.87. The molecule has 0 saturated carbocycles.